The molecule has 3 nitrogen and oxygen atoms in total. The smallest absolute Gasteiger partial charge is 0.211 e. The SMILES string of the molecule is Cc1ccc(S(=O)(=O)NCC2CCCC=C2C[Si](c2ccccc2)(c2ccccc2)C(C)(C)C)cc1. The molecule has 1 unspecified atom stereocenters. The predicted octanol–water partition coefficient (Wildman–Crippen LogP) is 6.06. The summed E-state index contributed by atoms with van der Waals surface area (Å²) in [5, 5.41) is 2.95. The van der Waals surface area contributed by atoms with Gasteiger partial charge in [0.1, 0.15) is 8.07 Å². The van der Waals surface area contributed by atoms with E-state index in [0.717, 1.165) is 30.9 Å². The van der Waals surface area contributed by atoms with Crippen molar-refractivity contribution in [3.8, 4) is 0 Å². The van der Waals surface area contributed by atoms with Crippen LogP contribution in [0.4, 0.5) is 0 Å². The van der Waals surface area contributed by atoms with Gasteiger partial charge in [0.25, 0.3) is 0 Å². The van der Waals surface area contributed by atoms with Crippen LogP contribution in [-0.4, -0.2) is 23.0 Å². The molecule has 0 radical (unpaired) electrons. The zero-order chi connectivity index (χ0) is 25.8. The lowest BCUT2D eigenvalue weighted by Crippen LogP contribution is -2.64. The maximum Gasteiger partial charge on any atom is 0.240 e. The van der Waals surface area contributed by atoms with Crippen molar-refractivity contribution in [1.82, 2.24) is 4.72 Å². The molecule has 5 heteroatoms. The van der Waals surface area contributed by atoms with E-state index in [2.05, 4.69) is 92.2 Å². The fourth-order valence-corrected chi connectivity index (χ4v) is 12.4. The van der Waals surface area contributed by atoms with Crippen molar-refractivity contribution < 1.29 is 8.42 Å². The van der Waals surface area contributed by atoms with Gasteiger partial charge in [0, 0.05) is 6.54 Å². The zero-order valence-corrected chi connectivity index (χ0v) is 23.8. The summed E-state index contributed by atoms with van der Waals surface area (Å²) in [4.78, 5) is 0.335. The molecule has 36 heavy (non-hydrogen) atoms. The molecule has 3 aromatic carbocycles. The molecule has 4 rings (SSSR count). The largest absolute Gasteiger partial charge is 0.240 e. The molecule has 3 aromatic rings. The Morgan fingerprint density at radius 1 is 0.861 bits per heavy atom. The number of hydrogen-bond acceptors (Lipinski definition) is 2. The third-order valence-corrected chi connectivity index (χ3v) is 15.4. The number of aryl methyl sites for hydroxylation is 1. The molecule has 0 bridgehead atoms. The lowest BCUT2D eigenvalue weighted by Gasteiger charge is -2.46. The molecule has 1 aliphatic carbocycles. The van der Waals surface area contributed by atoms with Crippen LogP contribution in [0.1, 0.15) is 45.6 Å². The van der Waals surface area contributed by atoms with Gasteiger partial charge in [-0.15, -0.1) is 0 Å². The molecule has 1 N–H and O–H groups in total. The Kier molecular flexibility index (Phi) is 8.03. The summed E-state index contributed by atoms with van der Waals surface area (Å²) in [5.41, 5.74) is 2.47. The maximum atomic E-state index is 13.1. The summed E-state index contributed by atoms with van der Waals surface area (Å²) in [5.74, 6) is 0.209. The van der Waals surface area contributed by atoms with Gasteiger partial charge in [-0.1, -0.05) is 121 Å². The van der Waals surface area contributed by atoms with Gasteiger partial charge in [-0.2, -0.15) is 0 Å². The lowest BCUT2D eigenvalue weighted by molar-refractivity contribution is 0.493. The van der Waals surface area contributed by atoms with E-state index in [9.17, 15) is 8.42 Å². The molecule has 0 spiro atoms. The highest BCUT2D eigenvalue weighted by atomic mass is 32.2. The number of nitrogens with one attached hydrogen (secondary N) is 1. The van der Waals surface area contributed by atoms with Crippen LogP contribution < -0.4 is 15.1 Å². The van der Waals surface area contributed by atoms with Gasteiger partial charge in [-0.3, -0.25) is 0 Å². The number of hydrogen-bond donors (Lipinski definition) is 1. The Bertz CT molecular complexity index is 1240. The maximum absolute atomic E-state index is 13.1. The van der Waals surface area contributed by atoms with Gasteiger partial charge < -0.3 is 0 Å². The minimum Gasteiger partial charge on any atom is -0.211 e. The van der Waals surface area contributed by atoms with Gasteiger partial charge in [0.2, 0.25) is 10.0 Å². The van der Waals surface area contributed by atoms with Crippen LogP contribution in [0.3, 0.4) is 0 Å². The van der Waals surface area contributed by atoms with Gasteiger partial charge >= 0.3 is 0 Å². The van der Waals surface area contributed by atoms with E-state index >= 15 is 0 Å². The molecular weight excluding hydrogens is 478 g/mol. The molecule has 0 amide bonds. The van der Waals surface area contributed by atoms with E-state index in [1.54, 1.807) is 12.1 Å². The summed E-state index contributed by atoms with van der Waals surface area (Å²) in [7, 11) is -5.81. The van der Waals surface area contributed by atoms with Crippen LogP contribution in [0.2, 0.25) is 11.1 Å². The Hall–Kier alpha value is -2.47. The van der Waals surface area contributed by atoms with Crippen molar-refractivity contribution in [1.29, 1.82) is 0 Å². The minimum atomic E-state index is -3.54. The summed E-state index contributed by atoms with van der Waals surface area (Å²) in [6, 6.07) is 30.2. The van der Waals surface area contributed by atoms with Crippen molar-refractivity contribution in [2.75, 3.05) is 6.54 Å². The van der Waals surface area contributed by atoms with E-state index in [4.69, 9.17) is 0 Å². The van der Waals surface area contributed by atoms with Crippen LogP contribution in [0, 0.1) is 12.8 Å². The fraction of sp³-hybridized carbons (Fsp3) is 0.355. The molecule has 0 saturated carbocycles. The van der Waals surface area contributed by atoms with Crippen LogP contribution >= 0.6 is 0 Å². The van der Waals surface area contributed by atoms with Crippen LogP contribution in [0.15, 0.2) is 101 Å². The van der Waals surface area contributed by atoms with E-state index in [0.29, 0.717) is 11.4 Å². The Balaban J connectivity index is 1.68. The molecule has 0 aromatic heterocycles. The second-order valence-electron chi connectivity index (χ2n) is 11.1. The van der Waals surface area contributed by atoms with Crippen molar-refractivity contribution >= 4 is 28.5 Å². The highest BCUT2D eigenvalue weighted by molar-refractivity contribution is 7.89. The average molecular weight is 518 g/mol. The first-order valence-electron chi connectivity index (χ1n) is 13.0. The second-order valence-corrected chi connectivity index (χ2v) is 17.7. The molecule has 0 fully saturated rings. The van der Waals surface area contributed by atoms with E-state index < -0.39 is 18.1 Å². The highest BCUT2D eigenvalue weighted by Crippen LogP contribution is 2.43. The standard InChI is InChI=1S/C31H39NO2SSi/c1-25-19-21-28(22-20-25)35(33,34)32-23-26-13-11-12-14-27(26)24-36(31(2,3)4,29-15-7-5-8-16-29)30-17-9-6-10-18-30/h5-10,14-22,26,32H,11-13,23-24H2,1-4H3. The van der Waals surface area contributed by atoms with Crippen molar-refractivity contribution in [3.05, 3.63) is 102 Å². The van der Waals surface area contributed by atoms with Gasteiger partial charge in [0.05, 0.1) is 4.90 Å². The normalized spacial score (nSPS) is 17.0. The van der Waals surface area contributed by atoms with Crippen LogP contribution in [0.5, 0.6) is 0 Å². The quantitative estimate of drug-likeness (QED) is 0.291. The van der Waals surface area contributed by atoms with E-state index in [-0.39, 0.29) is 11.0 Å². The van der Waals surface area contributed by atoms with Gasteiger partial charge in [0.15, 0.2) is 0 Å². The lowest BCUT2D eigenvalue weighted by atomic mass is 9.89. The van der Waals surface area contributed by atoms with E-state index in [1.807, 2.05) is 19.1 Å². The van der Waals surface area contributed by atoms with Crippen molar-refractivity contribution in [3.63, 3.8) is 0 Å². The molecule has 0 saturated heterocycles. The molecule has 1 aliphatic rings. The Labute approximate surface area is 218 Å². The van der Waals surface area contributed by atoms with Crippen molar-refractivity contribution in [2.45, 2.75) is 62.9 Å². The van der Waals surface area contributed by atoms with Crippen molar-refractivity contribution in [2.24, 2.45) is 5.92 Å². The molecule has 0 aliphatic heterocycles. The Morgan fingerprint density at radius 2 is 1.42 bits per heavy atom. The highest BCUT2D eigenvalue weighted by Gasteiger charge is 2.48. The summed E-state index contributed by atoms with van der Waals surface area (Å²) >= 11 is 0. The monoisotopic (exact) mass is 517 g/mol. The average Bonchev–Trinajstić information content (AvgIpc) is 2.87. The van der Waals surface area contributed by atoms with Gasteiger partial charge in [-0.25, -0.2) is 13.1 Å². The first-order valence-corrected chi connectivity index (χ1v) is 16.7. The number of rotatable bonds is 8. The number of benzene rings is 3. The number of allylic oxidation sites excluding steroid dienone is 1. The number of sulfonamides is 1. The minimum absolute atomic E-state index is 0.0694. The molecule has 190 valence electrons. The summed E-state index contributed by atoms with van der Waals surface area (Å²) in [6.45, 7) is 9.57. The zero-order valence-electron chi connectivity index (χ0n) is 22.0. The molecule has 0 heterocycles. The first kappa shape index (κ1) is 26.6. The third-order valence-electron chi connectivity index (χ3n) is 7.82. The first-order chi connectivity index (χ1) is 17.1. The van der Waals surface area contributed by atoms with Crippen LogP contribution in [-0.2, 0) is 10.0 Å². The summed E-state index contributed by atoms with van der Waals surface area (Å²) in [6.07, 6.45) is 5.59. The molecular formula is C31H39NO2SSi. The summed E-state index contributed by atoms with van der Waals surface area (Å²) < 4.78 is 29.1. The van der Waals surface area contributed by atoms with Crippen LogP contribution in [0.25, 0.3) is 0 Å². The fourth-order valence-electron chi connectivity index (χ4n) is 5.72. The second kappa shape index (κ2) is 10.9. The predicted molar refractivity (Wildman–Crippen MR) is 154 cm³/mol. The third kappa shape index (κ3) is 5.59. The Morgan fingerprint density at radius 3 is 1.94 bits per heavy atom. The molecule has 1 atom stereocenters. The van der Waals surface area contributed by atoms with E-state index in [1.165, 1.54) is 15.9 Å². The topological polar surface area (TPSA) is 46.2 Å². The van der Waals surface area contributed by atoms with Gasteiger partial charge in [-0.05, 0) is 55.3 Å².